The van der Waals surface area contributed by atoms with E-state index in [0.717, 1.165) is 12.8 Å². The lowest BCUT2D eigenvalue weighted by Gasteiger charge is -2.27. The van der Waals surface area contributed by atoms with Crippen LogP contribution in [0.3, 0.4) is 0 Å². The molecule has 86 valence electrons. The monoisotopic (exact) mass is 200 g/mol. The van der Waals surface area contributed by atoms with Gasteiger partial charge < -0.3 is 5.11 Å². The maximum absolute atomic E-state index is 9.37. The van der Waals surface area contributed by atoms with E-state index >= 15 is 0 Å². The van der Waals surface area contributed by atoms with Crippen LogP contribution in [-0.4, -0.2) is 10.7 Å². The molecule has 0 radical (unpaired) electrons. The Balaban J connectivity index is 0.000000255. The van der Waals surface area contributed by atoms with Crippen molar-refractivity contribution in [3.8, 4) is 0 Å². The molecule has 0 aliphatic heterocycles. The SMILES string of the molecule is CC1(O)CCCCC1.CCCCCC. The number of rotatable bonds is 3. The third kappa shape index (κ3) is 8.55. The summed E-state index contributed by atoms with van der Waals surface area (Å²) in [5.41, 5.74) is -0.321. The lowest BCUT2D eigenvalue weighted by molar-refractivity contribution is 0.0225. The van der Waals surface area contributed by atoms with Crippen LogP contribution in [0.25, 0.3) is 0 Å². The zero-order valence-corrected chi connectivity index (χ0v) is 10.3. The molecular weight excluding hydrogens is 172 g/mol. The molecule has 0 aromatic heterocycles. The van der Waals surface area contributed by atoms with Gasteiger partial charge in [0.2, 0.25) is 0 Å². The van der Waals surface area contributed by atoms with Gasteiger partial charge in [-0.2, -0.15) is 0 Å². The molecule has 0 bridgehead atoms. The molecule has 0 spiro atoms. The highest BCUT2D eigenvalue weighted by atomic mass is 16.3. The van der Waals surface area contributed by atoms with E-state index in [-0.39, 0.29) is 5.60 Å². The van der Waals surface area contributed by atoms with E-state index in [2.05, 4.69) is 13.8 Å². The Morgan fingerprint density at radius 3 is 1.57 bits per heavy atom. The molecule has 1 saturated carbocycles. The van der Waals surface area contributed by atoms with Crippen LogP contribution in [0.1, 0.15) is 78.6 Å². The third-order valence-corrected chi connectivity index (χ3v) is 2.89. The Kier molecular flexibility index (Phi) is 8.26. The van der Waals surface area contributed by atoms with E-state index in [4.69, 9.17) is 0 Å². The Bertz CT molecular complexity index is 106. The molecule has 1 heteroatoms. The van der Waals surface area contributed by atoms with Crippen molar-refractivity contribution in [1.82, 2.24) is 0 Å². The van der Waals surface area contributed by atoms with Crippen LogP contribution in [0.4, 0.5) is 0 Å². The van der Waals surface area contributed by atoms with Gasteiger partial charge >= 0.3 is 0 Å². The van der Waals surface area contributed by atoms with Crippen LogP contribution in [0.2, 0.25) is 0 Å². The molecular formula is C13H28O. The van der Waals surface area contributed by atoms with Crippen molar-refractivity contribution >= 4 is 0 Å². The van der Waals surface area contributed by atoms with Gasteiger partial charge in [0.05, 0.1) is 5.60 Å². The van der Waals surface area contributed by atoms with Crippen LogP contribution < -0.4 is 0 Å². The molecule has 1 rings (SSSR count). The van der Waals surface area contributed by atoms with E-state index in [1.54, 1.807) is 0 Å². The minimum atomic E-state index is -0.321. The Morgan fingerprint density at radius 1 is 0.929 bits per heavy atom. The molecule has 0 saturated heterocycles. The first-order chi connectivity index (χ1) is 6.62. The molecule has 0 unspecified atom stereocenters. The van der Waals surface area contributed by atoms with Crippen LogP contribution in [0.5, 0.6) is 0 Å². The normalized spacial score (nSPS) is 19.7. The molecule has 0 amide bonds. The molecule has 1 fully saturated rings. The fourth-order valence-electron chi connectivity index (χ4n) is 1.81. The third-order valence-electron chi connectivity index (χ3n) is 2.89. The molecule has 1 aliphatic carbocycles. The molecule has 1 aliphatic rings. The summed E-state index contributed by atoms with van der Waals surface area (Å²) >= 11 is 0. The summed E-state index contributed by atoms with van der Waals surface area (Å²) in [5.74, 6) is 0. The van der Waals surface area contributed by atoms with Crippen LogP contribution in [0.15, 0.2) is 0 Å². The topological polar surface area (TPSA) is 20.2 Å². The van der Waals surface area contributed by atoms with Gasteiger partial charge in [-0.3, -0.25) is 0 Å². The molecule has 0 aromatic rings. The first kappa shape index (κ1) is 14.0. The van der Waals surface area contributed by atoms with Gasteiger partial charge in [0.25, 0.3) is 0 Å². The average Bonchev–Trinajstić information content (AvgIpc) is 2.15. The van der Waals surface area contributed by atoms with E-state index in [0.29, 0.717) is 0 Å². The summed E-state index contributed by atoms with van der Waals surface area (Å²) in [5, 5.41) is 9.37. The molecule has 0 heterocycles. The van der Waals surface area contributed by atoms with E-state index < -0.39 is 0 Å². The number of hydrogen-bond donors (Lipinski definition) is 1. The summed E-state index contributed by atoms with van der Waals surface area (Å²) < 4.78 is 0. The number of hydrogen-bond acceptors (Lipinski definition) is 1. The largest absolute Gasteiger partial charge is 0.390 e. The summed E-state index contributed by atoms with van der Waals surface area (Å²) in [4.78, 5) is 0. The maximum Gasteiger partial charge on any atom is 0.0619 e. The van der Waals surface area contributed by atoms with Gasteiger partial charge in [0.15, 0.2) is 0 Å². The molecule has 1 N–H and O–H groups in total. The van der Waals surface area contributed by atoms with Gasteiger partial charge in [-0.15, -0.1) is 0 Å². The highest BCUT2D eigenvalue weighted by molar-refractivity contribution is 4.76. The fraction of sp³-hybridized carbons (Fsp3) is 1.00. The quantitative estimate of drug-likeness (QED) is 0.674. The van der Waals surface area contributed by atoms with Crippen LogP contribution >= 0.6 is 0 Å². The maximum atomic E-state index is 9.37. The van der Waals surface area contributed by atoms with E-state index in [9.17, 15) is 5.11 Å². The molecule has 0 aromatic carbocycles. The predicted molar refractivity (Wildman–Crippen MR) is 63.5 cm³/mol. The van der Waals surface area contributed by atoms with Crippen molar-refractivity contribution in [2.45, 2.75) is 84.2 Å². The molecule has 1 nitrogen and oxygen atoms in total. The van der Waals surface area contributed by atoms with E-state index in [1.807, 2.05) is 6.92 Å². The van der Waals surface area contributed by atoms with Crippen molar-refractivity contribution in [1.29, 1.82) is 0 Å². The Hall–Kier alpha value is -0.0400. The highest BCUT2D eigenvalue weighted by Gasteiger charge is 2.22. The smallest absolute Gasteiger partial charge is 0.0619 e. The first-order valence-electron chi connectivity index (χ1n) is 6.34. The zero-order chi connectivity index (χ0) is 10.9. The summed E-state index contributed by atoms with van der Waals surface area (Å²) in [7, 11) is 0. The lowest BCUT2D eigenvalue weighted by atomic mass is 9.87. The second kappa shape index (κ2) is 8.28. The lowest BCUT2D eigenvalue weighted by Crippen LogP contribution is -2.26. The number of unbranched alkanes of at least 4 members (excludes halogenated alkanes) is 3. The average molecular weight is 200 g/mol. The van der Waals surface area contributed by atoms with Crippen molar-refractivity contribution in [2.24, 2.45) is 0 Å². The van der Waals surface area contributed by atoms with Crippen molar-refractivity contribution in [3.63, 3.8) is 0 Å². The van der Waals surface area contributed by atoms with Gasteiger partial charge in [0.1, 0.15) is 0 Å². The minimum absolute atomic E-state index is 0.321. The second-order valence-corrected chi connectivity index (χ2v) is 4.76. The van der Waals surface area contributed by atoms with Crippen LogP contribution in [-0.2, 0) is 0 Å². The molecule has 0 atom stereocenters. The number of aliphatic hydroxyl groups is 1. The predicted octanol–water partition coefficient (Wildman–Crippen LogP) is 4.29. The summed E-state index contributed by atoms with van der Waals surface area (Å²) in [6, 6.07) is 0. The van der Waals surface area contributed by atoms with E-state index in [1.165, 1.54) is 44.9 Å². The van der Waals surface area contributed by atoms with Gasteiger partial charge in [-0.25, -0.2) is 0 Å². The highest BCUT2D eigenvalue weighted by Crippen LogP contribution is 2.26. The van der Waals surface area contributed by atoms with Crippen molar-refractivity contribution in [2.75, 3.05) is 0 Å². The van der Waals surface area contributed by atoms with Crippen molar-refractivity contribution < 1.29 is 5.11 Å². The fourth-order valence-corrected chi connectivity index (χ4v) is 1.81. The van der Waals surface area contributed by atoms with Gasteiger partial charge in [-0.05, 0) is 19.8 Å². The van der Waals surface area contributed by atoms with Crippen LogP contribution in [0, 0.1) is 0 Å². The first-order valence-corrected chi connectivity index (χ1v) is 6.34. The van der Waals surface area contributed by atoms with Crippen molar-refractivity contribution in [3.05, 3.63) is 0 Å². The van der Waals surface area contributed by atoms with Gasteiger partial charge in [0, 0.05) is 0 Å². The summed E-state index contributed by atoms with van der Waals surface area (Å²) in [6.07, 6.45) is 11.3. The zero-order valence-electron chi connectivity index (χ0n) is 10.3. The van der Waals surface area contributed by atoms with Gasteiger partial charge in [-0.1, -0.05) is 58.8 Å². The second-order valence-electron chi connectivity index (χ2n) is 4.76. The Morgan fingerprint density at radius 2 is 1.36 bits per heavy atom. The molecule has 14 heavy (non-hydrogen) atoms. The standard InChI is InChI=1S/C7H14O.C6H14/c1-7(8)5-3-2-4-6-7;1-3-5-6-4-2/h8H,2-6H2,1H3;3-6H2,1-2H3. The summed E-state index contributed by atoms with van der Waals surface area (Å²) in [6.45, 7) is 6.40. The minimum Gasteiger partial charge on any atom is -0.390 e. The Labute approximate surface area is 89.9 Å².